The van der Waals surface area contributed by atoms with Gasteiger partial charge in [-0.25, -0.2) is 4.39 Å². The van der Waals surface area contributed by atoms with Crippen LogP contribution in [0, 0.1) is 12.7 Å². The SMILES string of the molecule is Cc1cccc(C(O)C(O)CCO)c1F. The van der Waals surface area contributed by atoms with Gasteiger partial charge in [0.2, 0.25) is 0 Å². The molecule has 0 aliphatic heterocycles. The fraction of sp³-hybridized carbons (Fsp3) is 0.455. The van der Waals surface area contributed by atoms with Crippen molar-refractivity contribution in [1.82, 2.24) is 0 Å². The zero-order chi connectivity index (χ0) is 11.4. The minimum Gasteiger partial charge on any atom is -0.396 e. The Balaban J connectivity index is 2.90. The van der Waals surface area contributed by atoms with Crippen LogP contribution in [0.1, 0.15) is 23.7 Å². The second-order valence-corrected chi connectivity index (χ2v) is 3.50. The molecule has 0 bridgehead atoms. The van der Waals surface area contributed by atoms with E-state index in [2.05, 4.69) is 0 Å². The quantitative estimate of drug-likeness (QED) is 0.698. The predicted molar refractivity (Wildman–Crippen MR) is 53.8 cm³/mol. The van der Waals surface area contributed by atoms with Crippen molar-refractivity contribution in [3.63, 3.8) is 0 Å². The molecule has 0 amide bonds. The largest absolute Gasteiger partial charge is 0.396 e. The first-order valence-electron chi connectivity index (χ1n) is 4.80. The fourth-order valence-electron chi connectivity index (χ4n) is 1.40. The maximum absolute atomic E-state index is 13.5. The van der Waals surface area contributed by atoms with Crippen molar-refractivity contribution in [3.05, 3.63) is 35.1 Å². The summed E-state index contributed by atoms with van der Waals surface area (Å²) in [6.07, 6.45) is -2.42. The zero-order valence-corrected chi connectivity index (χ0v) is 8.52. The summed E-state index contributed by atoms with van der Waals surface area (Å²) in [5, 5.41) is 27.6. The zero-order valence-electron chi connectivity index (χ0n) is 8.52. The molecule has 84 valence electrons. The molecule has 0 spiro atoms. The highest BCUT2D eigenvalue weighted by Gasteiger charge is 2.21. The van der Waals surface area contributed by atoms with Crippen molar-refractivity contribution in [3.8, 4) is 0 Å². The molecule has 0 saturated carbocycles. The first-order chi connectivity index (χ1) is 7.07. The summed E-state index contributed by atoms with van der Waals surface area (Å²) in [7, 11) is 0. The molecule has 3 nitrogen and oxygen atoms in total. The molecule has 0 heterocycles. The van der Waals surface area contributed by atoms with Crippen molar-refractivity contribution in [2.75, 3.05) is 6.61 Å². The van der Waals surface area contributed by atoms with E-state index < -0.39 is 18.0 Å². The van der Waals surface area contributed by atoms with Gasteiger partial charge in [0.05, 0.1) is 6.10 Å². The minimum absolute atomic E-state index is 0.0224. The van der Waals surface area contributed by atoms with Crippen LogP contribution < -0.4 is 0 Å². The number of aliphatic hydroxyl groups excluding tert-OH is 3. The molecule has 2 atom stereocenters. The van der Waals surface area contributed by atoms with E-state index in [-0.39, 0.29) is 18.6 Å². The first-order valence-corrected chi connectivity index (χ1v) is 4.80. The molecule has 0 fully saturated rings. The highest BCUT2D eigenvalue weighted by molar-refractivity contribution is 5.27. The molecule has 1 rings (SSSR count). The third-order valence-corrected chi connectivity index (χ3v) is 2.33. The Morgan fingerprint density at radius 1 is 1.33 bits per heavy atom. The molecule has 15 heavy (non-hydrogen) atoms. The van der Waals surface area contributed by atoms with E-state index in [4.69, 9.17) is 5.11 Å². The van der Waals surface area contributed by atoms with E-state index in [0.717, 1.165) is 0 Å². The summed E-state index contributed by atoms with van der Waals surface area (Å²) in [6, 6.07) is 4.63. The van der Waals surface area contributed by atoms with Gasteiger partial charge in [-0.3, -0.25) is 0 Å². The van der Waals surface area contributed by atoms with E-state index in [1.807, 2.05) is 0 Å². The van der Waals surface area contributed by atoms with Gasteiger partial charge in [0, 0.05) is 12.2 Å². The van der Waals surface area contributed by atoms with Crippen LogP contribution in [-0.2, 0) is 0 Å². The van der Waals surface area contributed by atoms with Crippen LogP contribution in [0.15, 0.2) is 18.2 Å². The molecule has 0 aliphatic carbocycles. The summed E-state index contributed by atoms with van der Waals surface area (Å²) in [5.41, 5.74) is 0.485. The van der Waals surface area contributed by atoms with Crippen LogP contribution >= 0.6 is 0 Å². The Labute approximate surface area is 87.8 Å². The van der Waals surface area contributed by atoms with Gasteiger partial charge in [0.25, 0.3) is 0 Å². The lowest BCUT2D eigenvalue weighted by molar-refractivity contribution is 0.00231. The number of hydrogen-bond acceptors (Lipinski definition) is 3. The van der Waals surface area contributed by atoms with Crippen LogP contribution in [0.25, 0.3) is 0 Å². The highest BCUT2D eigenvalue weighted by atomic mass is 19.1. The smallest absolute Gasteiger partial charge is 0.132 e. The maximum atomic E-state index is 13.5. The summed E-state index contributed by atoms with van der Waals surface area (Å²) < 4.78 is 13.5. The van der Waals surface area contributed by atoms with Crippen molar-refractivity contribution >= 4 is 0 Å². The van der Waals surface area contributed by atoms with Crippen LogP contribution in [0.4, 0.5) is 4.39 Å². The normalized spacial score (nSPS) is 15.0. The summed E-state index contributed by atoms with van der Waals surface area (Å²) in [5.74, 6) is -0.512. The Hall–Kier alpha value is -0.970. The number of aryl methyl sites for hydroxylation is 1. The molecule has 0 aromatic heterocycles. The number of rotatable bonds is 4. The van der Waals surface area contributed by atoms with E-state index >= 15 is 0 Å². The van der Waals surface area contributed by atoms with E-state index in [9.17, 15) is 14.6 Å². The average molecular weight is 214 g/mol. The number of hydrogen-bond donors (Lipinski definition) is 3. The monoisotopic (exact) mass is 214 g/mol. The van der Waals surface area contributed by atoms with Crippen molar-refractivity contribution in [2.24, 2.45) is 0 Å². The maximum Gasteiger partial charge on any atom is 0.132 e. The Morgan fingerprint density at radius 2 is 2.00 bits per heavy atom. The standard InChI is InChI=1S/C11H15FO3/c1-7-3-2-4-8(10(7)12)11(15)9(14)5-6-13/h2-4,9,11,13-15H,5-6H2,1H3. The Bertz CT molecular complexity index is 328. The van der Waals surface area contributed by atoms with Crippen molar-refractivity contribution in [2.45, 2.75) is 25.6 Å². The second kappa shape index (κ2) is 5.21. The van der Waals surface area contributed by atoms with E-state index in [0.29, 0.717) is 5.56 Å². The minimum atomic E-state index is -1.29. The van der Waals surface area contributed by atoms with Gasteiger partial charge < -0.3 is 15.3 Å². The number of benzene rings is 1. The van der Waals surface area contributed by atoms with Gasteiger partial charge in [0.1, 0.15) is 11.9 Å². The van der Waals surface area contributed by atoms with Crippen LogP contribution in [0.3, 0.4) is 0 Å². The molecule has 0 radical (unpaired) electrons. The molecule has 2 unspecified atom stereocenters. The summed E-state index contributed by atoms with van der Waals surface area (Å²) in [4.78, 5) is 0. The van der Waals surface area contributed by atoms with Gasteiger partial charge in [-0.2, -0.15) is 0 Å². The van der Waals surface area contributed by atoms with Gasteiger partial charge in [-0.05, 0) is 18.9 Å². The summed E-state index contributed by atoms with van der Waals surface area (Å²) in [6.45, 7) is 1.34. The number of aliphatic hydroxyl groups is 3. The van der Waals surface area contributed by atoms with E-state index in [1.165, 1.54) is 6.07 Å². The van der Waals surface area contributed by atoms with Crippen LogP contribution in [0.5, 0.6) is 0 Å². The predicted octanol–water partition coefficient (Wildman–Crippen LogP) is 0.911. The Morgan fingerprint density at radius 3 is 2.60 bits per heavy atom. The third-order valence-electron chi connectivity index (χ3n) is 2.33. The number of halogens is 1. The molecule has 0 aliphatic rings. The van der Waals surface area contributed by atoms with Crippen molar-refractivity contribution in [1.29, 1.82) is 0 Å². The molecular weight excluding hydrogens is 199 g/mol. The highest BCUT2D eigenvalue weighted by Crippen LogP contribution is 2.23. The molecule has 0 saturated heterocycles. The summed E-state index contributed by atoms with van der Waals surface area (Å²) >= 11 is 0. The van der Waals surface area contributed by atoms with Gasteiger partial charge >= 0.3 is 0 Å². The topological polar surface area (TPSA) is 60.7 Å². The first kappa shape index (κ1) is 12.1. The van der Waals surface area contributed by atoms with Gasteiger partial charge in [-0.1, -0.05) is 18.2 Å². The molecule has 4 heteroatoms. The Kier molecular flexibility index (Phi) is 4.20. The lowest BCUT2D eigenvalue weighted by Crippen LogP contribution is -2.20. The lowest BCUT2D eigenvalue weighted by atomic mass is 10.00. The van der Waals surface area contributed by atoms with Gasteiger partial charge in [-0.15, -0.1) is 0 Å². The van der Waals surface area contributed by atoms with Crippen LogP contribution in [0.2, 0.25) is 0 Å². The van der Waals surface area contributed by atoms with Gasteiger partial charge in [0.15, 0.2) is 0 Å². The second-order valence-electron chi connectivity index (χ2n) is 3.50. The van der Waals surface area contributed by atoms with E-state index in [1.54, 1.807) is 19.1 Å². The third kappa shape index (κ3) is 2.75. The molecule has 1 aromatic carbocycles. The molecular formula is C11H15FO3. The lowest BCUT2D eigenvalue weighted by Gasteiger charge is -2.18. The van der Waals surface area contributed by atoms with Crippen LogP contribution in [-0.4, -0.2) is 28.0 Å². The molecule has 3 N–H and O–H groups in total. The average Bonchev–Trinajstić information content (AvgIpc) is 2.21. The van der Waals surface area contributed by atoms with Crippen molar-refractivity contribution < 1.29 is 19.7 Å². The molecule has 1 aromatic rings. The fourth-order valence-corrected chi connectivity index (χ4v) is 1.40.